The van der Waals surface area contributed by atoms with E-state index in [2.05, 4.69) is 0 Å². The summed E-state index contributed by atoms with van der Waals surface area (Å²) in [6.07, 6.45) is -3.25. The molecule has 0 unspecified atom stereocenters. The second-order valence-electron chi connectivity index (χ2n) is 4.03. The van der Waals surface area contributed by atoms with Crippen LogP contribution < -0.4 is 0 Å². The molecule has 0 N–H and O–H groups in total. The molecule has 0 saturated carbocycles. The number of alkyl halides is 3. The van der Waals surface area contributed by atoms with Gasteiger partial charge in [0.05, 0.1) is 0 Å². The summed E-state index contributed by atoms with van der Waals surface area (Å²) in [7, 11) is 0. The van der Waals surface area contributed by atoms with Gasteiger partial charge in [-0.05, 0) is 19.3 Å². The quantitative estimate of drug-likeness (QED) is 0.677. The van der Waals surface area contributed by atoms with Crippen LogP contribution in [0.3, 0.4) is 0 Å². The highest BCUT2D eigenvalue weighted by Crippen LogP contribution is 2.31. The monoisotopic (exact) mass is 210 g/mol. The summed E-state index contributed by atoms with van der Waals surface area (Å²) < 4.78 is 36.8. The van der Waals surface area contributed by atoms with Crippen LogP contribution >= 0.6 is 0 Å². The molecule has 0 aromatic rings. The molecule has 0 bridgehead atoms. The van der Waals surface area contributed by atoms with E-state index in [1.807, 2.05) is 13.8 Å². The fourth-order valence-electron chi connectivity index (χ4n) is 1.33. The van der Waals surface area contributed by atoms with Crippen LogP contribution in [0.5, 0.6) is 0 Å². The minimum Gasteiger partial charge on any atom is -0.299 e. The molecular formula is C10H17F3O. The maximum absolute atomic E-state index is 12.3. The van der Waals surface area contributed by atoms with E-state index >= 15 is 0 Å². The van der Waals surface area contributed by atoms with Crippen LogP contribution in [0, 0.1) is 11.8 Å². The van der Waals surface area contributed by atoms with E-state index in [0.717, 1.165) is 13.3 Å². The minimum absolute atomic E-state index is 0.0724. The molecule has 0 rings (SSSR count). The third-order valence-corrected chi connectivity index (χ3v) is 2.16. The van der Waals surface area contributed by atoms with Gasteiger partial charge in [0.1, 0.15) is 11.7 Å². The average Bonchev–Trinajstić information content (AvgIpc) is 1.94. The number of ketones is 1. The summed E-state index contributed by atoms with van der Waals surface area (Å²) in [6.45, 7) is 4.92. The number of Topliss-reactive ketones (excluding diaryl/α,β-unsaturated/α-hetero) is 1. The van der Waals surface area contributed by atoms with Gasteiger partial charge in [0, 0.05) is 0 Å². The molecule has 84 valence electrons. The Kier molecular flexibility index (Phi) is 5.16. The van der Waals surface area contributed by atoms with E-state index in [9.17, 15) is 18.0 Å². The van der Waals surface area contributed by atoms with Gasteiger partial charge >= 0.3 is 6.18 Å². The maximum Gasteiger partial charge on any atom is 0.398 e. The fourth-order valence-corrected chi connectivity index (χ4v) is 1.33. The van der Waals surface area contributed by atoms with Crippen molar-refractivity contribution in [1.82, 2.24) is 0 Å². The highest BCUT2D eigenvalue weighted by molar-refractivity contribution is 5.79. The Balaban J connectivity index is 4.07. The van der Waals surface area contributed by atoms with Crippen LogP contribution in [0.25, 0.3) is 0 Å². The highest BCUT2D eigenvalue weighted by Gasteiger charge is 2.41. The molecule has 0 saturated heterocycles. The first-order valence-corrected chi connectivity index (χ1v) is 4.82. The normalized spacial score (nSPS) is 14.5. The predicted molar refractivity (Wildman–Crippen MR) is 48.9 cm³/mol. The van der Waals surface area contributed by atoms with Crippen LogP contribution in [0.15, 0.2) is 0 Å². The van der Waals surface area contributed by atoms with Gasteiger partial charge in [-0.15, -0.1) is 0 Å². The van der Waals surface area contributed by atoms with E-state index in [1.54, 1.807) is 0 Å². The van der Waals surface area contributed by atoms with Crippen LogP contribution in [0.1, 0.15) is 40.0 Å². The minimum atomic E-state index is -4.37. The molecule has 0 aromatic heterocycles. The molecule has 0 aliphatic rings. The summed E-state index contributed by atoms with van der Waals surface area (Å²) in [5.74, 6) is -2.15. The van der Waals surface area contributed by atoms with Crippen molar-refractivity contribution in [1.29, 1.82) is 0 Å². The Morgan fingerprint density at radius 3 is 2.00 bits per heavy atom. The van der Waals surface area contributed by atoms with Crippen molar-refractivity contribution in [3.8, 4) is 0 Å². The number of rotatable bonds is 5. The van der Waals surface area contributed by atoms with Gasteiger partial charge in [-0.3, -0.25) is 4.79 Å². The smallest absolute Gasteiger partial charge is 0.299 e. The fraction of sp³-hybridized carbons (Fsp3) is 0.900. The van der Waals surface area contributed by atoms with E-state index < -0.39 is 17.9 Å². The maximum atomic E-state index is 12.3. The topological polar surface area (TPSA) is 17.1 Å². The lowest BCUT2D eigenvalue weighted by atomic mass is 9.95. The molecule has 0 radical (unpaired) electrons. The van der Waals surface area contributed by atoms with Gasteiger partial charge in [-0.2, -0.15) is 13.2 Å². The van der Waals surface area contributed by atoms with Crippen molar-refractivity contribution in [2.45, 2.75) is 46.2 Å². The third-order valence-electron chi connectivity index (χ3n) is 2.16. The SMILES string of the molecule is CC(=O)[C@H](CCCC(C)C)C(F)(F)F. The second kappa shape index (κ2) is 5.37. The highest BCUT2D eigenvalue weighted by atomic mass is 19.4. The lowest BCUT2D eigenvalue weighted by Gasteiger charge is -2.17. The number of hydrogen-bond donors (Lipinski definition) is 0. The first-order valence-electron chi connectivity index (χ1n) is 4.82. The number of carbonyl (C=O) groups is 1. The Labute approximate surface area is 82.7 Å². The number of carbonyl (C=O) groups excluding carboxylic acids is 1. The summed E-state index contributed by atoms with van der Waals surface area (Å²) in [6, 6.07) is 0. The van der Waals surface area contributed by atoms with E-state index in [1.165, 1.54) is 0 Å². The molecule has 0 aliphatic carbocycles. The van der Waals surface area contributed by atoms with Gasteiger partial charge in [0.2, 0.25) is 0 Å². The summed E-state index contributed by atoms with van der Waals surface area (Å²) >= 11 is 0. The zero-order valence-electron chi connectivity index (χ0n) is 8.82. The molecule has 1 atom stereocenters. The average molecular weight is 210 g/mol. The van der Waals surface area contributed by atoms with Crippen molar-refractivity contribution in [3.63, 3.8) is 0 Å². The lowest BCUT2D eigenvalue weighted by Crippen LogP contribution is -2.29. The molecule has 4 heteroatoms. The molecule has 0 amide bonds. The van der Waals surface area contributed by atoms with Crippen molar-refractivity contribution in [2.24, 2.45) is 11.8 Å². The Morgan fingerprint density at radius 1 is 1.21 bits per heavy atom. The van der Waals surface area contributed by atoms with Gasteiger partial charge < -0.3 is 0 Å². The standard InChI is InChI=1S/C10H17F3O/c1-7(2)5-4-6-9(8(3)14)10(11,12)13/h7,9H,4-6H2,1-3H3/t9-/m0/s1. The third kappa shape index (κ3) is 5.25. The molecule has 0 aliphatic heterocycles. The molecule has 0 heterocycles. The summed E-state index contributed by atoms with van der Waals surface area (Å²) in [5.41, 5.74) is 0. The lowest BCUT2D eigenvalue weighted by molar-refractivity contribution is -0.181. The van der Waals surface area contributed by atoms with Crippen molar-refractivity contribution < 1.29 is 18.0 Å². The Morgan fingerprint density at radius 2 is 1.71 bits per heavy atom. The summed E-state index contributed by atoms with van der Waals surface area (Å²) in [5, 5.41) is 0. The van der Waals surface area contributed by atoms with Gasteiger partial charge in [-0.1, -0.05) is 26.7 Å². The zero-order chi connectivity index (χ0) is 11.4. The van der Waals surface area contributed by atoms with Crippen LogP contribution in [0.2, 0.25) is 0 Å². The second-order valence-corrected chi connectivity index (χ2v) is 4.03. The predicted octanol–water partition coefficient (Wildman–Crippen LogP) is 3.58. The van der Waals surface area contributed by atoms with E-state index in [4.69, 9.17) is 0 Å². The van der Waals surface area contributed by atoms with Crippen LogP contribution in [-0.2, 0) is 4.79 Å². The zero-order valence-corrected chi connectivity index (χ0v) is 8.82. The molecule has 14 heavy (non-hydrogen) atoms. The van der Waals surface area contributed by atoms with Crippen LogP contribution in [0.4, 0.5) is 13.2 Å². The first kappa shape index (κ1) is 13.5. The molecule has 0 spiro atoms. The first-order chi connectivity index (χ1) is 6.25. The van der Waals surface area contributed by atoms with Crippen molar-refractivity contribution in [2.75, 3.05) is 0 Å². The Bertz CT molecular complexity index is 184. The molecule has 0 aromatic carbocycles. The number of hydrogen-bond acceptors (Lipinski definition) is 1. The van der Waals surface area contributed by atoms with E-state index in [0.29, 0.717) is 12.3 Å². The van der Waals surface area contributed by atoms with Crippen molar-refractivity contribution >= 4 is 5.78 Å². The van der Waals surface area contributed by atoms with E-state index in [-0.39, 0.29) is 6.42 Å². The summed E-state index contributed by atoms with van der Waals surface area (Å²) in [4.78, 5) is 10.7. The molecule has 0 fully saturated rings. The molecule has 1 nitrogen and oxygen atoms in total. The number of halogens is 3. The van der Waals surface area contributed by atoms with Gasteiger partial charge in [-0.25, -0.2) is 0 Å². The van der Waals surface area contributed by atoms with Gasteiger partial charge in [0.15, 0.2) is 0 Å². The Hall–Kier alpha value is -0.540. The van der Waals surface area contributed by atoms with Crippen LogP contribution in [-0.4, -0.2) is 12.0 Å². The van der Waals surface area contributed by atoms with Crippen molar-refractivity contribution in [3.05, 3.63) is 0 Å². The molecular weight excluding hydrogens is 193 g/mol. The largest absolute Gasteiger partial charge is 0.398 e. The van der Waals surface area contributed by atoms with Gasteiger partial charge in [0.25, 0.3) is 0 Å².